The summed E-state index contributed by atoms with van der Waals surface area (Å²) in [5, 5.41) is 3.41. The molecule has 19 heavy (non-hydrogen) atoms. The van der Waals surface area contributed by atoms with Crippen molar-refractivity contribution in [3.8, 4) is 5.75 Å². The van der Waals surface area contributed by atoms with E-state index in [2.05, 4.69) is 37.4 Å². The molecule has 2 rings (SSSR count). The fraction of sp³-hybridized carbons (Fsp3) is 0.625. The highest BCUT2D eigenvalue weighted by Crippen LogP contribution is 2.33. The molecule has 0 amide bonds. The summed E-state index contributed by atoms with van der Waals surface area (Å²) in [6.07, 6.45) is 2.17. The Morgan fingerprint density at radius 3 is 2.95 bits per heavy atom. The molecule has 1 aromatic rings. The van der Waals surface area contributed by atoms with Gasteiger partial charge in [-0.2, -0.15) is 0 Å². The minimum atomic E-state index is 0.192. The van der Waals surface area contributed by atoms with E-state index in [1.165, 1.54) is 11.1 Å². The smallest absolute Gasteiger partial charge is 0.122 e. The first kappa shape index (κ1) is 14.4. The quantitative estimate of drug-likeness (QED) is 0.767. The number of rotatable bonds is 7. The fourth-order valence-electron chi connectivity index (χ4n) is 2.45. The largest absolute Gasteiger partial charge is 0.493 e. The van der Waals surface area contributed by atoms with E-state index in [0.29, 0.717) is 0 Å². The lowest BCUT2D eigenvalue weighted by atomic mass is 9.81. The zero-order valence-corrected chi connectivity index (χ0v) is 12.3. The Labute approximate surface area is 116 Å². The van der Waals surface area contributed by atoms with Gasteiger partial charge in [-0.15, -0.1) is 0 Å². The van der Waals surface area contributed by atoms with Crippen molar-refractivity contribution in [3.63, 3.8) is 0 Å². The van der Waals surface area contributed by atoms with Crippen molar-refractivity contribution in [2.45, 2.75) is 32.1 Å². The van der Waals surface area contributed by atoms with Crippen LogP contribution in [-0.4, -0.2) is 33.4 Å². The van der Waals surface area contributed by atoms with Gasteiger partial charge in [0.05, 0.1) is 13.2 Å². The molecule has 106 valence electrons. The number of benzene rings is 1. The van der Waals surface area contributed by atoms with Crippen LogP contribution in [0.25, 0.3) is 0 Å². The van der Waals surface area contributed by atoms with E-state index >= 15 is 0 Å². The second-order valence-corrected chi connectivity index (χ2v) is 5.80. The summed E-state index contributed by atoms with van der Waals surface area (Å²) < 4.78 is 10.6. The van der Waals surface area contributed by atoms with Crippen LogP contribution in [-0.2, 0) is 16.6 Å². The first-order chi connectivity index (χ1) is 9.13. The lowest BCUT2D eigenvalue weighted by Gasteiger charge is -2.26. The predicted octanol–water partition coefficient (Wildman–Crippen LogP) is 2.53. The standard InChI is InChI=1S/C16H25NO2/c1-16(2,7-8-17-9-11-18-3)14-4-5-15-13(12-14)6-10-19-15/h4-5,12,17H,6-11H2,1-3H3. The summed E-state index contributed by atoms with van der Waals surface area (Å²) in [7, 11) is 1.73. The third-order valence-corrected chi connectivity index (χ3v) is 3.88. The summed E-state index contributed by atoms with van der Waals surface area (Å²) in [6.45, 7) is 8.16. The topological polar surface area (TPSA) is 30.5 Å². The predicted molar refractivity (Wildman–Crippen MR) is 78.0 cm³/mol. The number of nitrogens with one attached hydrogen (secondary N) is 1. The van der Waals surface area contributed by atoms with Gasteiger partial charge in [0.1, 0.15) is 5.75 Å². The van der Waals surface area contributed by atoms with Crippen LogP contribution in [0.2, 0.25) is 0 Å². The second-order valence-electron chi connectivity index (χ2n) is 5.80. The average molecular weight is 263 g/mol. The maximum atomic E-state index is 5.57. The molecule has 0 radical (unpaired) electrons. The molecular weight excluding hydrogens is 238 g/mol. The molecule has 0 saturated heterocycles. The average Bonchev–Trinajstić information content (AvgIpc) is 2.85. The summed E-state index contributed by atoms with van der Waals surface area (Å²) in [5.41, 5.74) is 2.96. The van der Waals surface area contributed by atoms with Crippen molar-refractivity contribution >= 4 is 0 Å². The fourth-order valence-corrected chi connectivity index (χ4v) is 2.45. The molecule has 0 aromatic heterocycles. The Morgan fingerprint density at radius 2 is 2.16 bits per heavy atom. The van der Waals surface area contributed by atoms with Crippen molar-refractivity contribution in [2.75, 3.05) is 33.4 Å². The van der Waals surface area contributed by atoms with E-state index in [9.17, 15) is 0 Å². The lowest BCUT2D eigenvalue weighted by Crippen LogP contribution is -2.27. The van der Waals surface area contributed by atoms with E-state index in [0.717, 1.165) is 44.9 Å². The maximum Gasteiger partial charge on any atom is 0.122 e. The van der Waals surface area contributed by atoms with Crippen LogP contribution in [0.1, 0.15) is 31.4 Å². The number of hydrogen-bond donors (Lipinski definition) is 1. The Kier molecular flexibility index (Phi) is 4.83. The molecule has 3 heteroatoms. The van der Waals surface area contributed by atoms with Gasteiger partial charge in [-0.25, -0.2) is 0 Å². The third-order valence-electron chi connectivity index (χ3n) is 3.88. The van der Waals surface area contributed by atoms with Gasteiger partial charge in [0.2, 0.25) is 0 Å². The Bertz CT molecular complexity index is 415. The molecule has 0 spiro atoms. The summed E-state index contributed by atoms with van der Waals surface area (Å²) >= 11 is 0. The Hall–Kier alpha value is -1.06. The summed E-state index contributed by atoms with van der Waals surface area (Å²) in [4.78, 5) is 0. The number of hydrogen-bond acceptors (Lipinski definition) is 3. The molecule has 1 aliphatic rings. The van der Waals surface area contributed by atoms with Crippen molar-refractivity contribution in [1.29, 1.82) is 0 Å². The van der Waals surface area contributed by atoms with Gasteiger partial charge in [-0.1, -0.05) is 26.0 Å². The van der Waals surface area contributed by atoms with E-state index in [1.807, 2.05) is 0 Å². The van der Waals surface area contributed by atoms with E-state index in [4.69, 9.17) is 9.47 Å². The summed E-state index contributed by atoms with van der Waals surface area (Å²) in [5.74, 6) is 1.07. The number of ether oxygens (including phenoxy) is 2. The Morgan fingerprint density at radius 1 is 1.32 bits per heavy atom. The van der Waals surface area contributed by atoms with Gasteiger partial charge in [0, 0.05) is 20.1 Å². The van der Waals surface area contributed by atoms with Crippen LogP contribution in [0, 0.1) is 0 Å². The molecular formula is C16H25NO2. The van der Waals surface area contributed by atoms with Crippen LogP contribution >= 0.6 is 0 Å². The molecule has 0 aliphatic carbocycles. The molecule has 1 heterocycles. The monoisotopic (exact) mass is 263 g/mol. The molecule has 0 saturated carbocycles. The highest BCUT2D eigenvalue weighted by Gasteiger charge is 2.22. The highest BCUT2D eigenvalue weighted by atomic mass is 16.5. The van der Waals surface area contributed by atoms with Crippen LogP contribution in [0.5, 0.6) is 5.75 Å². The number of fused-ring (bicyclic) bond motifs is 1. The third kappa shape index (κ3) is 3.71. The molecule has 1 N–H and O–H groups in total. The van der Waals surface area contributed by atoms with E-state index < -0.39 is 0 Å². The lowest BCUT2D eigenvalue weighted by molar-refractivity contribution is 0.198. The van der Waals surface area contributed by atoms with Crippen LogP contribution in [0.15, 0.2) is 18.2 Å². The van der Waals surface area contributed by atoms with Crippen molar-refractivity contribution in [1.82, 2.24) is 5.32 Å². The first-order valence-electron chi connectivity index (χ1n) is 7.09. The minimum absolute atomic E-state index is 0.192. The molecule has 1 aliphatic heterocycles. The van der Waals surface area contributed by atoms with Crippen LogP contribution in [0.3, 0.4) is 0 Å². The van der Waals surface area contributed by atoms with Crippen molar-refractivity contribution in [2.24, 2.45) is 0 Å². The summed E-state index contributed by atoms with van der Waals surface area (Å²) in [6, 6.07) is 6.65. The van der Waals surface area contributed by atoms with Gasteiger partial charge in [-0.3, -0.25) is 0 Å². The normalized spacial score (nSPS) is 14.3. The van der Waals surface area contributed by atoms with Gasteiger partial charge in [0.15, 0.2) is 0 Å². The second kappa shape index (κ2) is 6.40. The molecule has 0 atom stereocenters. The van der Waals surface area contributed by atoms with Gasteiger partial charge in [-0.05, 0) is 35.6 Å². The minimum Gasteiger partial charge on any atom is -0.493 e. The van der Waals surface area contributed by atoms with Gasteiger partial charge >= 0.3 is 0 Å². The van der Waals surface area contributed by atoms with Crippen LogP contribution < -0.4 is 10.1 Å². The SMILES string of the molecule is COCCNCCC(C)(C)c1ccc2c(c1)CCO2. The van der Waals surface area contributed by atoms with E-state index in [1.54, 1.807) is 7.11 Å². The first-order valence-corrected chi connectivity index (χ1v) is 7.09. The van der Waals surface area contributed by atoms with E-state index in [-0.39, 0.29) is 5.41 Å². The molecule has 0 fully saturated rings. The van der Waals surface area contributed by atoms with Gasteiger partial charge < -0.3 is 14.8 Å². The maximum absolute atomic E-state index is 5.57. The number of methoxy groups -OCH3 is 1. The van der Waals surface area contributed by atoms with Crippen molar-refractivity contribution in [3.05, 3.63) is 29.3 Å². The zero-order valence-electron chi connectivity index (χ0n) is 12.3. The highest BCUT2D eigenvalue weighted by molar-refractivity contribution is 5.42. The van der Waals surface area contributed by atoms with Gasteiger partial charge in [0.25, 0.3) is 0 Å². The molecule has 1 aromatic carbocycles. The molecule has 3 nitrogen and oxygen atoms in total. The van der Waals surface area contributed by atoms with Crippen molar-refractivity contribution < 1.29 is 9.47 Å². The molecule has 0 unspecified atom stereocenters. The zero-order chi connectivity index (χ0) is 13.7. The van der Waals surface area contributed by atoms with Crippen LogP contribution in [0.4, 0.5) is 0 Å². The Balaban J connectivity index is 1.91. The molecule has 0 bridgehead atoms.